The quantitative estimate of drug-likeness (QED) is 0.899. The summed E-state index contributed by atoms with van der Waals surface area (Å²) in [6.07, 6.45) is 5.39. The van der Waals surface area contributed by atoms with E-state index in [-0.39, 0.29) is 0 Å². The number of thiazole rings is 1. The Hall–Kier alpha value is -0.450. The molecule has 108 valence electrons. The standard InChI is InChI=1S/C15H27N3S/c1-12-6-5-7-15(8-12,18(3)4)10-16-9-14-13(2)17-11-19-14/h11-12,16H,5-10H2,1-4H3. The van der Waals surface area contributed by atoms with Crippen molar-refractivity contribution < 1.29 is 0 Å². The minimum Gasteiger partial charge on any atom is -0.310 e. The molecule has 3 nitrogen and oxygen atoms in total. The molecule has 0 bridgehead atoms. The first-order valence-electron chi connectivity index (χ1n) is 7.30. The number of aryl methyl sites for hydroxylation is 1. The summed E-state index contributed by atoms with van der Waals surface area (Å²) >= 11 is 1.76. The summed E-state index contributed by atoms with van der Waals surface area (Å²) < 4.78 is 0. The van der Waals surface area contributed by atoms with Crippen LogP contribution in [0.1, 0.15) is 43.2 Å². The first-order chi connectivity index (χ1) is 9.03. The van der Waals surface area contributed by atoms with Gasteiger partial charge in [0.2, 0.25) is 0 Å². The molecule has 0 radical (unpaired) electrons. The Morgan fingerprint density at radius 2 is 2.32 bits per heavy atom. The molecule has 1 heterocycles. The summed E-state index contributed by atoms with van der Waals surface area (Å²) in [4.78, 5) is 8.13. The van der Waals surface area contributed by atoms with Gasteiger partial charge in [-0.15, -0.1) is 11.3 Å². The average molecular weight is 281 g/mol. The van der Waals surface area contributed by atoms with Crippen LogP contribution in [0.3, 0.4) is 0 Å². The predicted octanol–water partition coefficient (Wildman–Crippen LogP) is 3.05. The van der Waals surface area contributed by atoms with Crippen LogP contribution in [0.25, 0.3) is 0 Å². The molecule has 1 aromatic heterocycles. The molecule has 1 saturated carbocycles. The number of rotatable bonds is 5. The lowest BCUT2D eigenvalue weighted by molar-refractivity contribution is 0.0750. The minimum atomic E-state index is 0.344. The van der Waals surface area contributed by atoms with Gasteiger partial charge < -0.3 is 10.2 Å². The fourth-order valence-corrected chi connectivity index (χ4v) is 4.01. The third kappa shape index (κ3) is 3.56. The zero-order valence-electron chi connectivity index (χ0n) is 12.7. The molecule has 2 atom stereocenters. The highest BCUT2D eigenvalue weighted by Gasteiger charge is 2.36. The molecule has 0 saturated heterocycles. The molecule has 1 aliphatic carbocycles. The first-order valence-corrected chi connectivity index (χ1v) is 8.18. The molecule has 2 rings (SSSR count). The third-order valence-electron chi connectivity index (χ3n) is 4.60. The number of nitrogens with one attached hydrogen (secondary N) is 1. The highest BCUT2D eigenvalue weighted by molar-refractivity contribution is 7.09. The first kappa shape index (κ1) is 14.9. The molecule has 19 heavy (non-hydrogen) atoms. The summed E-state index contributed by atoms with van der Waals surface area (Å²) in [5, 5.41) is 3.67. The van der Waals surface area contributed by atoms with Crippen molar-refractivity contribution in [3.05, 3.63) is 16.1 Å². The van der Waals surface area contributed by atoms with Gasteiger partial charge in [0.25, 0.3) is 0 Å². The normalized spacial score (nSPS) is 27.9. The average Bonchev–Trinajstić information content (AvgIpc) is 2.75. The van der Waals surface area contributed by atoms with Gasteiger partial charge >= 0.3 is 0 Å². The van der Waals surface area contributed by atoms with Crippen molar-refractivity contribution in [2.75, 3.05) is 20.6 Å². The van der Waals surface area contributed by atoms with Crippen molar-refractivity contribution >= 4 is 11.3 Å². The summed E-state index contributed by atoms with van der Waals surface area (Å²) in [6, 6.07) is 0. The maximum atomic E-state index is 4.31. The van der Waals surface area contributed by atoms with Gasteiger partial charge in [0.05, 0.1) is 11.2 Å². The Morgan fingerprint density at radius 3 is 2.89 bits per heavy atom. The van der Waals surface area contributed by atoms with Gasteiger partial charge in [-0.05, 0) is 39.8 Å². The van der Waals surface area contributed by atoms with Crippen molar-refractivity contribution in [1.82, 2.24) is 15.2 Å². The fraction of sp³-hybridized carbons (Fsp3) is 0.800. The van der Waals surface area contributed by atoms with Crippen LogP contribution in [0.2, 0.25) is 0 Å². The van der Waals surface area contributed by atoms with E-state index in [9.17, 15) is 0 Å². The van der Waals surface area contributed by atoms with Crippen molar-refractivity contribution in [3.8, 4) is 0 Å². The smallest absolute Gasteiger partial charge is 0.0798 e. The van der Waals surface area contributed by atoms with Crippen LogP contribution in [-0.2, 0) is 6.54 Å². The van der Waals surface area contributed by atoms with Crippen LogP contribution >= 0.6 is 11.3 Å². The molecule has 0 aliphatic heterocycles. The molecule has 0 amide bonds. The molecular weight excluding hydrogens is 254 g/mol. The van der Waals surface area contributed by atoms with Crippen molar-refractivity contribution in [2.24, 2.45) is 5.92 Å². The number of nitrogens with zero attached hydrogens (tertiary/aromatic N) is 2. The SMILES string of the molecule is Cc1ncsc1CNCC1(N(C)C)CCCC(C)C1. The van der Waals surface area contributed by atoms with E-state index < -0.39 is 0 Å². The lowest BCUT2D eigenvalue weighted by atomic mass is 9.75. The molecule has 1 N–H and O–H groups in total. The molecule has 0 aromatic carbocycles. The molecule has 0 spiro atoms. The number of hydrogen-bond donors (Lipinski definition) is 1. The largest absolute Gasteiger partial charge is 0.310 e. The minimum absolute atomic E-state index is 0.344. The van der Waals surface area contributed by atoms with Crippen molar-refractivity contribution in [3.63, 3.8) is 0 Å². The Balaban J connectivity index is 1.92. The van der Waals surface area contributed by atoms with Crippen LogP contribution in [-0.4, -0.2) is 36.1 Å². The maximum Gasteiger partial charge on any atom is 0.0798 e. The predicted molar refractivity (Wildman–Crippen MR) is 82.6 cm³/mol. The highest BCUT2D eigenvalue weighted by atomic mass is 32.1. The van der Waals surface area contributed by atoms with Gasteiger partial charge in [-0.25, -0.2) is 4.98 Å². The topological polar surface area (TPSA) is 28.2 Å². The van der Waals surface area contributed by atoms with E-state index in [4.69, 9.17) is 0 Å². The third-order valence-corrected chi connectivity index (χ3v) is 5.54. The van der Waals surface area contributed by atoms with E-state index in [1.807, 2.05) is 5.51 Å². The lowest BCUT2D eigenvalue weighted by Gasteiger charge is -2.45. The van der Waals surface area contributed by atoms with E-state index in [2.05, 4.69) is 43.1 Å². The van der Waals surface area contributed by atoms with E-state index in [1.165, 1.54) is 36.3 Å². The Bertz CT molecular complexity index is 402. The second-order valence-electron chi connectivity index (χ2n) is 6.28. The van der Waals surface area contributed by atoms with E-state index >= 15 is 0 Å². The molecule has 1 aliphatic rings. The summed E-state index contributed by atoms with van der Waals surface area (Å²) in [5.41, 5.74) is 3.46. The van der Waals surface area contributed by atoms with Crippen LogP contribution in [0, 0.1) is 12.8 Å². The summed E-state index contributed by atoms with van der Waals surface area (Å²) in [6.45, 7) is 6.53. The number of likely N-dealkylation sites (N-methyl/N-ethyl adjacent to an activating group) is 1. The van der Waals surface area contributed by atoms with E-state index in [0.717, 1.165) is 19.0 Å². The second-order valence-corrected chi connectivity index (χ2v) is 7.22. The van der Waals surface area contributed by atoms with Crippen LogP contribution in [0.5, 0.6) is 0 Å². The van der Waals surface area contributed by atoms with Crippen LogP contribution in [0.15, 0.2) is 5.51 Å². The number of hydrogen-bond acceptors (Lipinski definition) is 4. The Morgan fingerprint density at radius 1 is 1.53 bits per heavy atom. The lowest BCUT2D eigenvalue weighted by Crippen LogP contribution is -2.54. The van der Waals surface area contributed by atoms with E-state index in [0.29, 0.717) is 5.54 Å². The molecule has 4 heteroatoms. The molecule has 2 unspecified atom stereocenters. The zero-order valence-corrected chi connectivity index (χ0v) is 13.5. The maximum absolute atomic E-state index is 4.31. The van der Waals surface area contributed by atoms with Crippen molar-refractivity contribution in [1.29, 1.82) is 0 Å². The van der Waals surface area contributed by atoms with Gasteiger partial charge in [-0.1, -0.05) is 19.8 Å². The highest BCUT2D eigenvalue weighted by Crippen LogP contribution is 2.35. The zero-order chi connectivity index (χ0) is 13.9. The van der Waals surface area contributed by atoms with Crippen LogP contribution in [0.4, 0.5) is 0 Å². The fourth-order valence-electron chi connectivity index (χ4n) is 3.26. The Labute approximate surface area is 121 Å². The summed E-state index contributed by atoms with van der Waals surface area (Å²) in [7, 11) is 4.47. The monoisotopic (exact) mass is 281 g/mol. The molecular formula is C15H27N3S. The van der Waals surface area contributed by atoms with Gasteiger partial charge in [-0.2, -0.15) is 0 Å². The van der Waals surface area contributed by atoms with E-state index in [1.54, 1.807) is 11.3 Å². The number of aromatic nitrogens is 1. The summed E-state index contributed by atoms with van der Waals surface area (Å²) in [5.74, 6) is 0.850. The van der Waals surface area contributed by atoms with Gasteiger partial charge in [0.1, 0.15) is 0 Å². The van der Waals surface area contributed by atoms with Crippen molar-refractivity contribution in [2.45, 2.75) is 51.6 Å². The van der Waals surface area contributed by atoms with Gasteiger partial charge in [0, 0.05) is 23.5 Å². The van der Waals surface area contributed by atoms with Crippen LogP contribution < -0.4 is 5.32 Å². The molecule has 1 fully saturated rings. The second kappa shape index (κ2) is 6.33. The van der Waals surface area contributed by atoms with Gasteiger partial charge in [0.15, 0.2) is 0 Å². The Kier molecular flexibility index (Phi) is 4.98. The van der Waals surface area contributed by atoms with Gasteiger partial charge in [-0.3, -0.25) is 0 Å². The molecule has 1 aromatic rings.